The summed E-state index contributed by atoms with van der Waals surface area (Å²) >= 11 is 6.02. The number of aromatic amines is 1. The molecule has 140 valence electrons. The van der Waals surface area contributed by atoms with Crippen LogP contribution in [0.5, 0.6) is 0 Å². The lowest BCUT2D eigenvalue weighted by Gasteiger charge is -2.37. The van der Waals surface area contributed by atoms with Crippen LogP contribution in [0, 0.1) is 5.41 Å². The molecule has 1 aromatic carbocycles. The highest BCUT2D eigenvalue weighted by atomic mass is 35.5. The fourth-order valence-electron chi connectivity index (χ4n) is 4.81. The quantitative estimate of drug-likeness (QED) is 0.682. The van der Waals surface area contributed by atoms with E-state index in [-0.39, 0.29) is 29.7 Å². The summed E-state index contributed by atoms with van der Waals surface area (Å²) in [7, 11) is 0. The number of likely N-dealkylation sites (tertiary alicyclic amines) is 1. The Bertz CT molecular complexity index is 864. The Labute approximate surface area is 156 Å². The molecule has 0 atom stereocenters. The molecule has 1 N–H and O–H groups in total. The summed E-state index contributed by atoms with van der Waals surface area (Å²) in [5, 5.41) is 1.55. The van der Waals surface area contributed by atoms with E-state index in [0.717, 1.165) is 17.3 Å². The first-order valence-electron chi connectivity index (χ1n) is 9.07. The molecular formula is C20H23ClF2N2O. The lowest BCUT2D eigenvalue weighted by molar-refractivity contribution is -0.0647. The summed E-state index contributed by atoms with van der Waals surface area (Å²) in [6.45, 7) is 4.61. The van der Waals surface area contributed by atoms with Gasteiger partial charge in [0.1, 0.15) is 5.69 Å². The van der Waals surface area contributed by atoms with E-state index in [1.54, 1.807) is 12.1 Å². The molecule has 1 aromatic heterocycles. The fraction of sp³-hybridized carbons (Fsp3) is 0.550. The van der Waals surface area contributed by atoms with Gasteiger partial charge in [0.2, 0.25) is 5.92 Å². The second-order valence-electron chi connectivity index (χ2n) is 8.65. The Morgan fingerprint density at radius 2 is 1.85 bits per heavy atom. The van der Waals surface area contributed by atoms with Crippen molar-refractivity contribution in [3.8, 4) is 0 Å². The third-order valence-corrected chi connectivity index (χ3v) is 6.37. The van der Waals surface area contributed by atoms with Crippen LogP contribution in [-0.4, -0.2) is 33.8 Å². The largest absolute Gasteiger partial charge is 0.350 e. The average molecular weight is 381 g/mol. The number of nitrogens with zero attached hydrogens (tertiary/aromatic N) is 1. The van der Waals surface area contributed by atoms with Gasteiger partial charge in [-0.1, -0.05) is 17.7 Å². The van der Waals surface area contributed by atoms with E-state index in [1.807, 2.05) is 30.9 Å². The van der Waals surface area contributed by atoms with Gasteiger partial charge in [-0.3, -0.25) is 4.79 Å². The number of benzene rings is 1. The molecule has 3 nitrogen and oxygen atoms in total. The summed E-state index contributed by atoms with van der Waals surface area (Å²) < 4.78 is 27.2. The number of H-pyrrole nitrogens is 1. The molecule has 4 rings (SSSR count). The van der Waals surface area contributed by atoms with E-state index in [9.17, 15) is 13.6 Å². The lowest BCUT2D eigenvalue weighted by atomic mass is 9.70. The number of halogens is 3. The number of aromatic nitrogens is 1. The maximum Gasteiger partial charge on any atom is 0.270 e. The number of carbonyl (C=O) groups is 1. The second-order valence-corrected chi connectivity index (χ2v) is 9.09. The van der Waals surface area contributed by atoms with E-state index < -0.39 is 5.92 Å². The number of nitrogens with one attached hydrogen (secondary N) is 1. The Morgan fingerprint density at radius 1 is 1.15 bits per heavy atom. The van der Waals surface area contributed by atoms with Crippen LogP contribution in [0.3, 0.4) is 0 Å². The highest BCUT2D eigenvalue weighted by Gasteiger charge is 2.54. The van der Waals surface area contributed by atoms with Crippen molar-refractivity contribution in [2.45, 2.75) is 57.4 Å². The van der Waals surface area contributed by atoms with Gasteiger partial charge in [-0.15, -0.1) is 0 Å². The number of amides is 1. The Morgan fingerprint density at radius 3 is 2.54 bits per heavy atom. The van der Waals surface area contributed by atoms with Crippen LogP contribution in [0.2, 0.25) is 5.02 Å². The molecule has 1 saturated carbocycles. The molecule has 6 heteroatoms. The molecular weight excluding hydrogens is 358 g/mol. The van der Waals surface area contributed by atoms with Crippen molar-refractivity contribution in [1.82, 2.24) is 9.88 Å². The zero-order valence-electron chi connectivity index (χ0n) is 15.0. The molecule has 1 aliphatic heterocycles. The zero-order chi connectivity index (χ0) is 18.7. The smallest absolute Gasteiger partial charge is 0.270 e. The van der Waals surface area contributed by atoms with E-state index in [0.29, 0.717) is 30.1 Å². The number of alkyl halides is 2. The van der Waals surface area contributed by atoms with Crippen LogP contribution >= 0.6 is 11.6 Å². The van der Waals surface area contributed by atoms with E-state index in [2.05, 4.69) is 4.98 Å². The van der Waals surface area contributed by atoms with Gasteiger partial charge >= 0.3 is 0 Å². The summed E-state index contributed by atoms with van der Waals surface area (Å²) in [4.78, 5) is 18.2. The number of hydrogen-bond donors (Lipinski definition) is 1. The molecule has 2 heterocycles. The van der Waals surface area contributed by atoms with Gasteiger partial charge in [-0.25, -0.2) is 8.78 Å². The predicted molar refractivity (Wildman–Crippen MR) is 98.9 cm³/mol. The number of hydrogen-bond acceptors (Lipinski definition) is 1. The first-order valence-corrected chi connectivity index (χ1v) is 9.45. The van der Waals surface area contributed by atoms with Crippen molar-refractivity contribution in [3.05, 3.63) is 35.0 Å². The van der Waals surface area contributed by atoms with Crippen LogP contribution in [0.25, 0.3) is 10.9 Å². The average Bonchev–Trinajstić information content (AvgIpc) is 3.08. The van der Waals surface area contributed by atoms with Gasteiger partial charge in [0.15, 0.2) is 0 Å². The van der Waals surface area contributed by atoms with Crippen molar-refractivity contribution in [3.63, 3.8) is 0 Å². The second kappa shape index (κ2) is 5.69. The minimum Gasteiger partial charge on any atom is -0.350 e. The predicted octanol–water partition coefficient (Wildman–Crippen LogP) is 5.64. The molecule has 0 unspecified atom stereocenters. The van der Waals surface area contributed by atoms with Gasteiger partial charge in [-0.05, 0) is 56.7 Å². The number of rotatable bonds is 1. The third kappa shape index (κ3) is 3.00. The Balaban J connectivity index is 1.60. The van der Waals surface area contributed by atoms with Crippen LogP contribution in [0.4, 0.5) is 8.78 Å². The van der Waals surface area contributed by atoms with Gasteiger partial charge in [0.05, 0.1) is 0 Å². The molecule has 1 amide bonds. The fourth-order valence-corrected chi connectivity index (χ4v) is 4.98. The van der Waals surface area contributed by atoms with Crippen LogP contribution in [0.1, 0.15) is 56.4 Å². The van der Waals surface area contributed by atoms with Crippen LogP contribution in [-0.2, 0) is 0 Å². The van der Waals surface area contributed by atoms with E-state index in [4.69, 9.17) is 11.6 Å². The van der Waals surface area contributed by atoms with Crippen molar-refractivity contribution in [1.29, 1.82) is 0 Å². The number of carbonyl (C=O) groups excluding carboxylic acids is 1. The monoisotopic (exact) mass is 380 g/mol. The minimum atomic E-state index is -2.55. The first-order chi connectivity index (χ1) is 12.1. The molecule has 1 aliphatic carbocycles. The highest BCUT2D eigenvalue weighted by molar-refractivity contribution is 6.31. The summed E-state index contributed by atoms with van der Waals surface area (Å²) in [6.07, 6.45) is 1.59. The van der Waals surface area contributed by atoms with E-state index in [1.165, 1.54) is 0 Å². The lowest BCUT2D eigenvalue weighted by Crippen LogP contribution is -2.43. The summed E-state index contributed by atoms with van der Waals surface area (Å²) in [6, 6.07) is 7.31. The normalized spacial score (nSPS) is 23.7. The van der Waals surface area contributed by atoms with Crippen molar-refractivity contribution in [2.24, 2.45) is 5.41 Å². The van der Waals surface area contributed by atoms with Crippen molar-refractivity contribution >= 4 is 28.4 Å². The SMILES string of the molecule is CC1(C)CC2(CCC(F)(F)CC2)CN1C(=O)c1cc2ccc(Cl)cc2[nH]1. The maximum atomic E-state index is 13.6. The molecule has 2 aliphatic rings. The van der Waals surface area contributed by atoms with Gasteiger partial charge in [-0.2, -0.15) is 0 Å². The summed E-state index contributed by atoms with van der Waals surface area (Å²) in [5.74, 6) is -2.62. The van der Waals surface area contributed by atoms with Gasteiger partial charge in [0.25, 0.3) is 5.91 Å². The molecule has 0 bridgehead atoms. The Kier molecular flexibility index (Phi) is 3.89. The highest BCUT2D eigenvalue weighted by Crippen LogP contribution is 2.53. The standard InChI is InChI=1S/C20H23ClF2N2O/c1-18(2)11-19(5-7-20(22,23)8-6-19)12-25(18)17(26)16-9-13-3-4-14(21)10-15(13)24-16/h3-4,9-10,24H,5-8,11-12H2,1-2H3. The Hall–Kier alpha value is -1.62. The maximum absolute atomic E-state index is 13.6. The molecule has 1 spiro atoms. The first kappa shape index (κ1) is 17.8. The van der Waals surface area contributed by atoms with Crippen molar-refractivity contribution in [2.75, 3.05) is 6.54 Å². The molecule has 2 fully saturated rings. The van der Waals surface area contributed by atoms with Gasteiger partial charge in [0, 0.05) is 40.9 Å². The third-order valence-electron chi connectivity index (χ3n) is 6.13. The molecule has 1 saturated heterocycles. The summed E-state index contributed by atoms with van der Waals surface area (Å²) in [5.41, 5.74) is 0.813. The number of fused-ring (bicyclic) bond motifs is 1. The molecule has 2 aromatic rings. The van der Waals surface area contributed by atoms with Crippen LogP contribution in [0.15, 0.2) is 24.3 Å². The molecule has 0 radical (unpaired) electrons. The zero-order valence-corrected chi connectivity index (χ0v) is 15.8. The van der Waals surface area contributed by atoms with Crippen LogP contribution < -0.4 is 0 Å². The van der Waals surface area contributed by atoms with E-state index >= 15 is 0 Å². The van der Waals surface area contributed by atoms with Crippen molar-refractivity contribution < 1.29 is 13.6 Å². The minimum absolute atomic E-state index is 0.0727. The topological polar surface area (TPSA) is 36.1 Å². The molecule has 26 heavy (non-hydrogen) atoms. The van der Waals surface area contributed by atoms with Gasteiger partial charge < -0.3 is 9.88 Å².